The maximum atomic E-state index is 8.97. The van der Waals surface area contributed by atoms with Crippen molar-refractivity contribution in [3.63, 3.8) is 0 Å². The molecule has 0 N–H and O–H groups in total. The Labute approximate surface area is 90.5 Å². The van der Waals surface area contributed by atoms with Crippen molar-refractivity contribution in [3.05, 3.63) is 29.8 Å². The minimum Gasteiger partial charge on any atom is -0.490 e. The highest BCUT2D eigenvalue weighted by Gasteiger charge is 2.29. The fourth-order valence-corrected chi connectivity index (χ4v) is 1.98. The lowest BCUT2D eigenvalue weighted by atomic mass is 9.87. The summed E-state index contributed by atoms with van der Waals surface area (Å²) in [4.78, 5) is 0. The van der Waals surface area contributed by atoms with Gasteiger partial charge in [-0.1, -0.05) is 18.2 Å². The van der Waals surface area contributed by atoms with Gasteiger partial charge in [0.2, 0.25) is 0 Å². The molecule has 78 valence electrons. The number of fused-ring (bicyclic) bond motifs is 1. The Kier molecular flexibility index (Phi) is 2.40. The fraction of sp³-hybridized carbons (Fsp3) is 0.462. The smallest absolute Gasteiger partial charge is 0.123 e. The predicted octanol–water partition coefficient (Wildman–Crippen LogP) is 2.93. The Balaban J connectivity index is 2.06. The summed E-state index contributed by atoms with van der Waals surface area (Å²) in [6.45, 7) is 3.92. The third-order valence-corrected chi connectivity index (χ3v) is 2.75. The third-order valence-electron chi connectivity index (χ3n) is 2.75. The molecule has 1 atom stereocenters. The van der Waals surface area contributed by atoms with Gasteiger partial charge < -0.3 is 4.74 Å². The molecule has 0 radical (unpaired) electrons. The number of hydrogen-bond donors (Lipinski definition) is 0. The molecule has 2 heteroatoms. The van der Waals surface area contributed by atoms with Crippen LogP contribution >= 0.6 is 0 Å². The molecule has 0 amide bonds. The van der Waals surface area contributed by atoms with Gasteiger partial charge >= 0.3 is 0 Å². The van der Waals surface area contributed by atoms with Crippen LogP contribution in [-0.2, 0) is 6.42 Å². The quantitative estimate of drug-likeness (QED) is 0.737. The Bertz CT molecular complexity index is 378. The van der Waals surface area contributed by atoms with E-state index in [-0.39, 0.29) is 11.5 Å². The number of nitrogens with zero attached hydrogens (tertiary/aromatic N) is 1. The summed E-state index contributed by atoms with van der Waals surface area (Å²) in [5, 5.41) is 8.97. The summed E-state index contributed by atoms with van der Waals surface area (Å²) >= 11 is 0. The van der Waals surface area contributed by atoms with Gasteiger partial charge in [-0.15, -0.1) is 0 Å². The number of rotatable bonds is 2. The normalized spacial score (nSPS) is 19.1. The molecule has 1 aromatic carbocycles. The average Bonchev–Trinajstić information content (AvgIpc) is 2.58. The van der Waals surface area contributed by atoms with Crippen molar-refractivity contribution in [3.8, 4) is 11.8 Å². The Morgan fingerprint density at radius 1 is 1.47 bits per heavy atom. The molecule has 1 aliphatic heterocycles. The van der Waals surface area contributed by atoms with Crippen LogP contribution in [0, 0.1) is 16.7 Å². The maximum Gasteiger partial charge on any atom is 0.123 e. The highest BCUT2D eigenvalue weighted by molar-refractivity contribution is 5.37. The van der Waals surface area contributed by atoms with Gasteiger partial charge in [-0.05, 0) is 25.5 Å². The van der Waals surface area contributed by atoms with Crippen LogP contribution < -0.4 is 4.74 Å². The molecular weight excluding hydrogens is 186 g/mol. The van der Waals surface area contributed by atoms with Gasteiger partial charge in [-0.2, -0.15) is 5.26 Å². The van der Waals surface area contributed by atoms with Crippen LogP contribution in [0.25, 0.3) is 0 Å². The predicted molar refractivity (Wildman–Crippen MR) is 58.6 cm³/mol. The zero-order valence-corrected chi connectivity index (χ0v) is 9.16. The van der Waals surface area contributed by atoms with Crippen molar-refractivity contribution < 1.29 is 4.74 Å². The molecule has 0 bridgehead atoms. The molecule has 1 heterocycles. The molecule has 1 aromatic rings. The van der Waals surface area contributed by atoms with Crippen molar-refractivity contribution in [2.24, 2.45) is 5.41 Å². The van der Waals surface area contributed by atoms with Crippen LogP contribution in [0.3, 0.4) is 0 Å². The lowest BCUT2D eigenvalue weighted by molar-refractivity contribution is 0.182. The number of nitriles is 1. The van der Waals surface area contributed by atoms with E-state index in [9.17, 15) is 0 Å². The van der Waals surface area contributed by atoms with Crippen LogP contribution in [0.5, 0.6) is 5.75 Å². The summed E-state index contributed by atoms with van der Waals surface area (Å²) in [7, 11) is 0. The highest BCUT2D eigenvalue weighted by Crippen LogP contribution is 2.33. The first kappa shape index (κ1) is 10.0. The highest BCUT2D eigenvalue weighted by atomic mass is 16.5. The number of ether oxygens (including phenoxy) is 1. The van der Waals surface area contributed by atoms with Crippen molar-refractivity contribution >= 4 is 0 Å². The van der Waals surface area contributed by atoms with E-state index >= 15 is 0 Å². The standard InChI is InChI=1S/C13H15NO/c1-13(2,9-14)8-11-7-10-5-3-4-6-12(10)15-11/h3-6,11H,7-8H2,1-2H3. The van der Waals surface area contributed by atoms with E-state index in [1.165, 1.54) is 5.56 Å². The van der Waals surface area contributed by atoms with Gasteiger partial charge in [0.1, 0.15) is 11.9 Å². The number of hydrogen-bond acceptors (Lipinski definition) is 2. The first-order valence-electron chi connectivity index (χ1n) is 5.26. The molecule has 1 unspecified atom stereocenters. The molecule has 15 heavy (non-hydrogen) atoms. The molecular formula is C13H15NO. The SMILES string of the molecule is CC(C)(C#N)CC1Cc2ccccc2O1. The number of benzene rings is 1. The molecule has 2 rings (SSSR count). The van der Waals surface area contributed by atoms with Crippen molar-refractivity contribution in [2.45, 2.75) is 32.8 Å². The van der Waals surface area contributed by atoms with Crippen molar-refractivity contribution in [1.82, 2.24) is 0 Å². The first-order chi connectivity index (χ1) is 7.11. The molecule has 0 saturated carbocycles. The van der Waals surface area contributed by atoms with Crippen LogP contribution in [0.15, 0.2) is 24.3 Å². The maximum absolute atomic E-state index is 8.97. The van der Waals surface area contributed by atoms with Gasteiger partial charge in [-0.3, -0.25) is 0 Å². The summed E-state index contributed by atoms with van der Waals surface area (Å²) in [5.74, 6) is 0.983. The van der Waals surface area contributed by atoms with Crippen LogP contribution in [-0.4, -0.2) is 6.10 Å². The second kappa shape index (κ2) is 3.58. The summed E-state index contributed by atoms with van der Waals surface area (Å²) < 4.78 is 5.79. The topological polar surface area (TPSA) is 33.0 Å². The molecule has 0 aliphatic carbocycles. The van der Waals surface area contributed by atoms with E-state index in [0.29, 0.717) is 0 Å². The minimum absolute atomic E-state index is 0.164. The van der Waals surface area contributed by atoms with Crippen LogP contribution in [0.2, 0.25) is 0 Å². The minimum atomic E-state index is -0.299. The van der Waals surface area contributed by atoms with E-state index in [1.807, 2.05) is 32.0 Å². The van der Waals surface area contributed by atoms with Crippen molar-refractivity contribution in [1.29, 1.82) is 5.26 Å². The summed E-state index contributed by atoms with van der Waals surface area (Å²) in [6.07, 6.45) is 1.89. The van der Waals surface area contributed by atoms with Crippen LogP contribution in [0.4, 0.5) is 0 Å². The average molecular weight is 201 g/mol. The monoisotopic (exact) mass is 201 g/mol. The van der Waals surface area contributed by atoms with Gasteiger partial charge in [0.25, 0.3) is 0 Å². The molecule has 1 aliphatic rings. The van der Waals surface area contributed by atoms with Gasteiger partial charge in [-0.25, -0.2) is 0 Å². The van der Waals surface area contributed by atoms with E-state index < -0.39 is 0 Å². The zero-order valence-electron chi connectivity index (χ0n) is 9.16. The lowest BCUT2D eigenvalue weighted by Crippen LogP contribution is -2.22. The molecule has 0 aromatic heterocycles. The van der Waals surface area contributed by atoms with E-state index in [1.54, 1.807) is 0 Å². The Hall–Kier alpha value is -1.49. The largest absolute Gasteiger partial charge is 0.490 e. The van der Waals surface area contributed by atoms with Gasteiger partial charge in [0.05, 0.1) is 11.5 Å². The number of para-hydroxylation sites is 1. The molecule has 0 spiro atoms. The molecule has 2 nitrogen and oxygen atoms in total. The zero-order chi connectivity index (χ0) is 10.9. The van der Waals surface area contributed by atoms with Gasteiger partial charge in [0.15, 0.2) is 0 Å². The lowest BCUT2D eigenvalue weighted by Gasteiger charge is -2.19. The van der Waals surface area contributed by atoms with E-state index in [0.717, 1.165) is 18.6 Å². The van der Waals surface area contributed by atoms with Crippen molar-refractivity contribution in [2.75, 3.05) is 0 Å². The van der Waals surface area contributed by atoms with Crippen LogP contribution in [0.1, 0.15) is 25.8 Å². The first-order valence-corrected chi connectivity index (χ1v) is 5.26. The third kappa shape index (κ3) is 2.12. The summed E-state index contributed by atoms with van der Waals surface area (Å²) in [6, 6.07) is 10.4. The Morgan fingerprint density at radius 3 is 2.87 bits per heavy atom. The van der Waals surface area contributed by atoms with E-state index in [4.69, 9.17) is 10.00 Å². The van der Waals surface area contributed by atoms with E-state index in [2.05, 4.69) is 12.1 Å². The Morgan fingerprint density at radius 2 is 2.20 bits per heavy atom. The summed E-state index contributed by atoms with van der Waals surface area (Å²) in [5.41, 5.74) is 0.962. The molecule has 0 fully saturated rings. The fourth-order valence-electron chi connectivity index (χ4n) is 1.98. The van der Waals surface area contributed by atoms with Gasteiger partial charge in [0, 0.05) is 12.8 Å². The second-order valence-corrected chi connectivity index (χ2v) is 4.75. The molecule has 0 saturated heterocycles. The second-order valence-electron chi connectivity index (χ2n) is 4.75.